The maximum Gasteiger partial charge on any atom is 0.422 e. The second-order valence-corrected chi connectivity index (χ2v) is 4.01. The van der Waals surface area contributed by atoms with Crippen molar-refractivity contribution in [1.82, 2.24) is 4.90 Å². The van der Waals surface area contributed by atoms with E-state index in [2.05, 4.69) is 4.74 Å². The number of rotatable bonds is 4. The largest absolute Gasteiger partial charge is 0.440 e. The van der Waals surface area contributed by atoms with Crippen LogP contribution in [0, 0.1) is 5.92 Å². The lowest BCUT2D eigenvalue weighted by Gasteiger charge is -2.31. The van der Waals surface area contributed by atoms with Gasteiger partial charge in [0.1, 0.15) is 0 Å². The smallest absolute Gasteiger partial charge is 0.422 e. The van der Waals surface area contributed by atoms with Crippen molar-refractivity contribution in [2.45, 2.75) is 32.4 Å². The minimum atomic E-state index is -4.45. The SMILES string of the molecule is CCN(CC1CCC1)C(=O)OCC(F)(F)F. The van der Waals surface area contributed by atoms with Crippen molar-refractivity contribution in [3.05, 3.63) is 0 Å². The Hall–Kier alpha value is -0.940. The van der Waals surface area contributed by atoms with Gasteiger partial charge in [0.2, 0.25) is 0 Å². The van der Waals surface area contributed by atoms with Crippen molar-refractivity contribution in [2.75, 3.05) is 19.7 Å². The highest BCUT2D eigenvalue weighted by atomic mass is 19.4. The van der Waals surface area contributed by atoms with Crippen molar-refractivity contribution in [3.8, 4) is 0 Å². The molecule has 94 valence electrons. The van der Waals surface area contributed by atoms with Crippen LogP contribution in [0.4, 0.5) is 18.0 Å². The third kappa shape index (κ3) is 4.28. The normalized spacial score (nSPS) is 16.8. The third-order valence-electron chi connectivity index (χ3n) is 2.70. The monoisotopic (exact) mass is 239 g/mol. The molecule has 1 aliphatic carbocycles. The van der Waals surface area contributed by atoms with E-state index in [0.717, 1.165) is 19.3 Å². The number of hydrogen-bond donors (Lipinski definition) is 0. The van der Waals surface area contributed by atoms with Gasteiger partial charge in [-0.25, -0.2) is 4.79 Å². The number of ether oxygens (including phenoxy) is 1. The molecule has 1 amide bonds. The van der Waals surface area contributed by atoms with Crippen molar-refractivity contribution in [3.63, 3.8) is 0 Å². The van der Waals surface area contributed by atoms with E-state index in [1.165, 1.54) is 4.90 Å². The molecular formula is C10H16F3NO2. The lowest BCUT2D eigenvalue weighted by molar-refractivity contribution is -0.162. The summed E-state index contributed by atoms with van der Waals surface area (Å²) in [5.74, 6) is 0.429. The van der Waals surface area contributed by atoms with Gasteiger partial charge < -0.3 is 9.64 Å². The van der Waals surface area contributed by atoms with Crippen LogP contribution >= 0.6 is 0 Å². The average Bonchev–Trinajstić information content (AvgIpc) is 2.12. The van der Waals surface area contributed by atoms with Gasteiger partial charge in [0.25, 0.3) is 0 Å². The summed E-state index contributed by atoms with van der Waals surface area (Å²) in [6.07, 6.45) is -2.09. The molecule has 0 spiro atoms. The predicted molar refractivity (Wildman–Crippen MR) is 52.0 cm³/mol. The first-order valence-electron chi connectivity index (χ1n) is 5.41. The second kappa shape index (κ2) is 5.41. The molecule has 1 rings (SSSR count). The fourth-order valence-electron chi connectivity index (χ4n) is 1.55. The van der Waals surface area contributed by atoms with Crippen LogP contribution in [-0.4, -0.2) is 36.9 Å². The Bertz CT molecular complexity index is 239. The minimum Gasteiger partial charge on any atom is -0.440 e. The summed E-state index contributed by atoms with van der Waals surface area (Å²) in [5, 5.41) is 0. The van der Waals surface area contributed by atoms with Crippen LogP contribution < -0.4 is 0 Å². The molecule has 16 heavy (non-hydrogen) atoms. The highest BCUT2D eigenvalue weighted by Gasteiger charge is 2.31. The molecule has 0 aliphatic heterocycles. The molecule has 0 aromatic rings. The Kier molecular flexibility index (Phi) is 4.44. The molecule has 3 nitrogen and oxygen atoms in total. The Morgan fingerprint density at radius 1 is 1.44 bits per heavy atom. The summed E-state index contributed by atoms with van der Waals surface area (Å²) in [4.78, 5) is 12.6. The van der Waals surface area contributed by atoms with E-state index < -0.39 is 18.9 Å². The van der Waals surface area contributed by atoms with E-state index in [1.807, 2.05) is 0 Å². The minimum absolute atomic E-state index is 0.382. The van der Waals surface area contributed by atoms with Gasteiger partial charge in [0.05, 0.1) is 0 Å². The summed E-state index contributed by atoms with van der Waals surface area (Å²) >= 11 is 0. The zero-order valence-corrected chi connectivity index (χ0v) is 9.22. The average molecular weight is 239 g/mol. The molecule has 1 saturated carbocycles. The second-order valence-electron chi connectivity index (χ2n) is 4.01. The first-order valence-corrected chi connectivity index (χ1v) is 5.41. The van der Waals surface area contributed by atoms with E-state index in [1.54, 1.807) is 6.92 Å². The molecule has 0 heterocycles. The van der Waals surface area contributed by atoms with Crippen LogP contribution in [0.25, 0.3) is 0 Å². The standard InChI is InChI=1S/C10H16F3NO2/c1-2-14(6-8-4-3-5-8)9(15)16-7-10(11,12)13/h8H,2-7H2,1H3. The fraction of sp³-hybridized carbons (Fsp3) is 0.900. The van der Waals surface area contributed by atoms with Gasteiger partial charge in [-0.2, -0.15) is 13.2 Å². The molecule has 0 radical (unpaired) electrons. The Balaban J connectivity index is 2.30. The van der Waals surface area contributed by atoms with Crippen LogP contribution in [0.2, 0.25) is 0 Å². The van der Waals surface area contributed by atoms with Crippen molar-refractivity contribution >= 4 is 6.09 Å². The quantitative estimate of drug-likeness (QED) is 0.755. The molecule has 1 fully saturated rings. The maximum absolute atomic E-state index is 11.8. The van der Waals surface area contributed by atoms with Gasteiger partial charge in [-0.15, -0.1) is 0 Å². The Morgan fingerprint density at radius 3 is 2.44 bits per heavy atom. The number of nitrogens with zero attached hydrogens (tertiary/aromatic N) is 1. The van der Waals surface area contributed by atoms with Crippen molar-refractivity contribution in [2.24, 2.45) is 5.92 Å². The van der Waals surface area contributed by atoms with Gasteiger partial charge in [-0.05, 0) is 25.7 Å². The predicted octanol–water partition coefficient (Wildman–Crippen LogP) is 2.81. The lowest BCUT2D eigenvalue weighted by Crippen LogP contribution is -2.38. The van der Waals surface area contributed by atoms with E-state index in [-0.39, 0.29) is 0 Å². The lowest BCUT2D eigenvalue weighted by atomic mass is 9.85. The van der Waals surface area contributed by atoms with Crippen LogP contribution in [0.5, 0.6) is 0 Å². The van der Waals surface area contributed by atoms with Crippen molar-refractivity contribution in [1.29, 1.82) is 0 Å². The fourth-order valence-corrected chi connectivity index (χ4v) is 1.55. The van der Waals surface area contributed by atoms with Crippen LogP contribution in [0.1, 0.15) is 26.2 Å². The van der Waals surface area contributed by atoms with Crippen LogP contribution in [0.3, 0.4) is 0 Å². The maximum atomic E-state index is 11.8. The molecule has 0 saturated heterocycles. The molecule has 0 unspecified atom stereocenters. The molecule has 0 aromatic carbocycles. The van der Waals surface area contributed by atoms with Gasteiger partial charge in [0.15, 0.2) is 6.61 Å². The van der Waals surface area contributed by atoms with Gasteiger partial charge in [-0.3, -0.25) is 0 Å². The summed E-state index contributed by atoms with van der Waals surface area (Å²) in [6.45, 7) is 1.11. The van der Waals surface area contributed by atoms with Crippen LogP contribution in [-0.2, 0) is 4.74 Å². The number of carbonyl (C=O) groups is 1. The van der Waals surface area contributed by atoms with Gasteiger partial charge in [-0.1, -0.05) is 6.42 Å². The van der Waals surface area contributed by atoms with E-state index in [0.29, 0.717) is 19.0 Å². The van der Waals surface area contributed by atoms with Crippen molar-refractivity contribution < 1.29 is 22.7 Å². The summed E-state index contributed by atoms with van der Waals surface area (Å²) in [7, 11) is 0. The highest BCUT2D eigenvalue weighted by molar-refractivity contribution is 5.67. The van der Waals surface area contributed by atoms with Gasteiger partial charge >= 0.3 is 12.3 Å². The van der Waals surface area contributed by atoms with E-state index in [4.69, 9.17) is 0 Å². The number of amides is 1. The zero-order valence-electron chi connectivity index (χ0n) is 9.22. The first-order chi connectivity index (χ1) is 7.42. The Labute approximate surface area is 92.5 Å². The topological polar surface area (TPSA) is 29.5 Å². The number of halogens is 3. The molecular weight excluding hydrogens is 223 g/mol. The summed E-state index contributed by atoms with van der Waals surface area (Å²) in [5.41, 5.74) is 0. The zero-order chi connectivity index (χ0) is 12.2. The molecule has 1 aliphatic rings. The number of alkyl halides is 3. The number of hydrogen-bond acceptors (Lipinski definition) is 2. The first kappa shape index (κ1) is 13.1. The third-order valence-corrected chi connectivity index (χ3v) is 2.70. The summed E-state index contributed by atoms with van der Waals surface area (Å²) < 4.78 is 39.7. The highest BCUT2D eigenvalue weighted by Crippen LogP contribution is 2.27. The molecule has 6 heteroatoms. The van der Waals surface area contributed by atoms with E-state index >= 15 is 0 Å². The molecule has 0 N–H and O–H groups in total. The van der Waals surface area contributed by atoms with E-state index in [9.17, 15) is 18.0 Å². The summed E-state index contributed by atoms with van der Waals surface area (Å²) in [6, 6.07) is 0. The number of carbonyl (C=O) groups excluding carboxylic acids is 1. The molecule has 0 atom stereocenters. The Morgan fingerprint density at radius 2 is 2.06 bits per heavy atom. The molecule has 0 aromatic heterocycles. The van der Waals surface area contributed by atoms with Crippen LogP contribution in [0.15, 0.2) is 0 Å². The molecule has 0 bridgehead atoms. The van der Waals surface area contributed by atoms with Gasteiger partial charge in [0, 0.05) is 13.1 Å².